The fraction of sp³-hybridized carbons (Fsp3) is 0.333. The van der Waals surface area contributed by atoms with Crippen LogP contribution >= 0.6 is 12.2 Å². The summed E-state index contributed by atoms with van der Waals surface area (Å²) >= 11 is 5.41. The zero-order valence-electron chi connectivity index (χ0n) is 17.8. The number of aryl methyl sites for hydroxylation is 2. The molecule has 0 unspecified atom stereocenters. The molecule has 0 fully saturated rings. The highest BCUT2D eigenvalue weighted by Crippen LogP contribution is 2.29. The van der Waals surface area contributed by atoms with E-state index >= 15 is 0 Å². The smallest absolute Gasteiger partial charge is 0.269 e. The lowest BCUT2D eigenvalue weighted by molar-refractivity contribution is -0.141. The van der Waals surface area contributed by atoms with Crippen LogP contribution in [0.15, 0.2) is 42.7 Å². The van der Waals surface area contributed by atoms with Crippen LogP contribution in [-0.4, -0.2) is 34.3 Å². The van der Waals surface area contributed by atoms with Crippen molar-refractivity contribution in [3.8, 4) is 5.69 Å². The highest BCUT2D eigenvalue weighted by molar-refractivity contribution is 7.71. The average molecular weight is 462 g/mol. The Morgan fingerprint density at radius 1 is 1.16 bits per heavy atom. The van der Waals surface area contributed by atoms with Gasteiger partial charge in [-0.05, 0) is 37.7 Å². The number of nitrogens with one attached hydrogen (secondary N) is 1. The Balaban J connectivity index is 1.57. The van der Waals surface area contributed by atoms with Crippen LogP contribution in [0.2, 0.25) is 0 Å². The fourth-order valence-corrected chi connectivity index (χ4v) is 3.74. The quantitative estimate of drug-likeness (QED) is 0.419. The molecule has 0 aliphatic rings. The zero-order chi connectivity index (χ0) is 23.0. The van der Waals surface area contributed by atoms with Crippen molar-refractivity contribution in [1.29, 1.82) is 0 Å². The van der Waals surface area contributed by atoms with Crippen LogP contribution in [0.1, 0.15) is 41.2 Å². The second-order valence-electron chi connectivity index (χ2n) is 7.86. The van der Waals surface area contributed by atoms with E-state index in [1.54, 1.807) is 22.4 Å². The van der Waals surface area contributed by atoms with E-state index in [4.69, 9.17) is 12.2 Å². The largest absolute Gasteiger partial charge is 0.435 e. The number of aromatic nitrogens is 7. The summed E-state index contributed by atoms with van der Waals surface area (Å²) in [6, 6.07) is 9.24. The number of benzene rings is 1. The summed E-state index contributed by atoms with van der Waals surface area (Å²) in [4.78, 5) is 0. The maximum absolute atomic E-state index is 13.0. The van der Waals surface area contributed by atoms with Crippen LogP contribution in [0.4, 0.5) is 13.2 Å². The number of H-pyrrole nitrogens is 1. The first-order chi connectivity index (χ1) is 15.1. The average Bonchev–Trinajstić information content (AvgIpc) is 3.42. The lowest BCUT2D eigenvalue weighted by atomic mass is 10.1. The van der Waals surface area contributed by atoms with E-state index in [0.717, 1.165) is 17.3 Å². The molecule has 0 aliphatic carbocycles. The number of nitrogens with zero attached hydrogens (tertiary/aromatic N) is 6. The van der Waals surface area contributed by atoms with Crippen LogP contribution in [0.25, 0.3) is 5.69 Å². The summed E-state index contributed by atoms with van der Waals surface area (Å²) in [5.74, 6) is 0.330. The van der Waals surface area contributed by atoms with Crippen LogP contribution in [0.3, 0.4) is 0 Å². The van der Waals surface area contributed by atoms with E-state index in [0.29, 0.717) is 22.8 Å². The van der Waals surface area contributed by atoms with Crippen LogP contribution < -0.4 is 0 Å². The van der Waals surface area contributed by atoms with Gasteiger partial charge < -0.3 is 0 Å². The molecule has 4 rings (SSSR count). The second kappa shape index (κ2) is 8.38. The number of aromatic amines is 1. The minimum absolute atomic E-state index is 0.221. The first-order valence-corrected chi connectivity index (χ1v) is 10.4. The van der Waals surface area contributed by atoms with Crippen LogP contribution in [0.5, 0.6) is 0 Å². The first kappa shape index (κ1) is 22.0. The van der Waals surface area contributed by atoms with Crippen LogP contribution in [0, 0.1) is 18.6 Å². The number of halogens is 3. The van der Waals surface area contributed by atoms with Gasteiger partial charge in [0.15, 0.2) is 10.5 Å². The number of rotatable bonds is 6. The molecular formula is C21H22F3N7S. The maximum Gasteiger partial charge on any atom is 0.435 e. The molecule has 32 heavy (non-hydrogen) atoms. The molecule has 3 heterocycles. The molecule has 1 aromatic carbocycles. The molecule has 1 atom stereocenters. The van der Waals surface area contributed by atoms with Gasteiger partial charge in [-0.15, -0.1) is 0 Å². The second-order valence-corrected chi connectivity index (χ2v) is 8.24. The fourth-order valence-electron chi connectivity index (χ4n) is 3.50. The van der Waals surface area contributed by atoms with E-state index in [1.165, 1.54) is 10.2 Å². The Morgan fingerprint density at radius 2 is 1.88 bits per heavy atom. The van der Waals surface area contributed by atoms with Crippen molar-refractivity contribution in [2.24, 2.45) is 0 Å². The van der Waals surface area contributed by atoms with Gasteiger partial charge in [0.05, 0.1) is 25.0 Å². The summed E-state index contributed by atoms with van der Waals surface area (Å²) in [5.41, 5.74) is 2.55. The highest BCUT2D eigenvalue weighted by atomic mass is 32.1. The van der Waals surface area contributed by atoms with Gasteiger partial charge in [0.2, 0.25) is 0 Å². The van der Waals surface area contributed by atoms with Crippen molar-refractivity contribution in [3.05, 3.63) is 75.8 Å². The predicted molar refractivity (Wildman–Crippen MR) is 115 cm³/mol. The molecule has 168 valence electrons. The number of hydrogen-bond donors (Lipinski definition) is 1. The molecule has 0 saturated heterocycles. The first-order valence-electron chi connectivity index (χ1n) is 9.99. The number of hydrogen-bond acceptors (Lipinski definition) is 4. The third kappa shape index (κ3) is 4.52. The summed E-state index contributed by atoms with van der Waals surface area (Å²) in [6.07, 6.45) is -0.926. The van der Waals surface area contributed by atoms with E-state index in [2.05, 4.69) is 32.5 Å². The topological polar surface area (TPSA) is 69.2 Å². The van der Waals surface area contributed by atoms with Crippen molar-refractivity contribution >= 4 is 12.2 Å². The monoisotopic (exact) mass is 461 g/mol. The summed E-state index contributed by atoms with van der Waals surface area (Å²) in [6.45, 7) is 6.32. The molecule has 1 N–H and O–H groups in total. The predicted octanol–water partition coefficient (Wildman–Crippen LogP) is 4.81. The van der Waals surface area contributed by atoms with Crippen LogP contribution in [-0.2, 0) is 19.3 Å². The van der Waals surface area contributed by atoms with Crippen molar-refractivity contribution < 1.29 is 13.2 Å². The molecule has 11 heteroatoms. The maximum atomic E-state index is 13.0. The zero-order valence-corrected chi connectivity index (χ0v) is 18.6. The lowest BCUT2D eigenvalue weighted by Crippen LogP contribution is -2.15. The van der Waals surface area contributed by atoms with Crippen molar-refractivity contribution in [1.82, 2.24) is 34.3 Å². The Morgan fingerprint density at radius 3 is 2.53 bits per heavy atom. The van der Waals surface area contributed by atoms with Gasteiger partial charge >= 0.3 is 6.18 Å². The standard InChI is InChI=1S/C21H22F3N7S/c1-13-4-6-16(7-5-13)11-29-12-17(9-25-29)31-19(26-27-20(31)32)14(2)10-30-15(3)8-18(28-30)21(22,23)24/h4-9,12,14H,10-11H2,1-3H3,(H,27,32)/t14-/m1/s1. The van der Waals surface area contributed by atoms with E-state index < -0.39 is 11.9 Å². The van der Waals surface area contributed by atoms with Gasteiger partial charge in [-0.2, -0.15) is 28.5 Å². The molecule has 4 aromatic rings. The Labute approximate surface area is 187 Å². The molecule has 3 aromatic heterocycles. The van der Waals surface area contributed by atoms with E-state index in [1.807, 2.05) is 32.2 Å². The normalized spacial score (nSPS) is 12.9. The molecular weight excluding hydrogens is 439 g/mol. The third-order valence-electron chi connectivity index (χ3n) is 5.20. The van der Waals surface area contributed by atoms with Crippen molar-refractivity contribution in [2.75, 3.05) is 0 Å². The molecule has 7 nitrogen and oxygen atoms in total. The minimum atomic E-state index is -4.48. The molecule has 0 amide bonds. The summed E-state index contributed by atoms with van der Waals surface area (Å²) in [7, 11) is 0. The minimum Gasteiger partial charge on any atom is -0.269 e. The van der Waals surface area contributed by atoms with Gasteiger partial charge in [-0.25, -0.2) is 0 Å². The van der Waals surface area contributed by atoms with E-state index in [9.17, 15) is 13.2 Å². The third-order valence-corrected chi connectivity index (χ3v) is 5.47. The Hall–Kier alpha value is -3.21. The van der Waals surface area contributed by atoms with Gasteiger partial charge in [-0.1, -0.05) is 36.8 Å². The lowest BCUT2D eigenvalue weighted by Gasteiger charge is -2.13. The van der Waals surface area contributed by atoms with Gasteiger partial charge in [0.1, 0.15) is 5.82 Å². The Kier molecular flexibility index (Phi) is 5.76. The SMILES string of the molecule is Cc1ccc(Cn2cc(-n3c([C@H](C)Cn4nc(C(F)(F)F)cc4C)n[nH]c3=S)cn2)cc1. The summed E-state index contributed by atoms with van der Waals surface area (Å²) < 4.78 is 44.2. The van der Waals surface area contributed by atoms with Gasteiger partial charge in [-0.3, -0.25) is 19.0 Å². The molecule has 0 saturated carbocycles. The summed E-state index contributed by atoms with van der Waals surface area (Å²) in [5, 5.41) is 15.2. The van der Waals surface area contributed by atoms with Crippen molar-refractivity contribution in [2.45, 2.75) is 46.0 Å². The van der Waals surface area contributed by atoms with Gasteiger partial charge in [0, 0.05) is 17.8 Å². The Bertz CT molecular complexity index is 1280. The van der Waals surface area contributed by atoms with Crippen molar-refractivity contribution in [3.63, 3.8) is 0 Å². The van der Waals surface area contributed by atoms with Gasteiger partial charge in [0.25, 0.3) is 0 Å². The molecule has 0 aliphatic heterocycles. The van der Waals surface area contributed by atoms with E-state index in [-0.39, 0.29) is 12.5 Å². The molecule has 0 spiro atoms. The number of alkyl halides is 3. The highest BCUT2D eigenvalue weighted by Gasteiger charge is 2.34. The molecule has 0 bridgehead atoms. The molecule has 0 radical (unpaired) electrons.